The second-order valence-corrected chi connectivity index (χ2v) is 4.64. The molecule has 3 heterocycles. The number of fused-ring (bicyclic) bond motifs is 2. The molecule has 1 aliphatic heterocycles. The Labute approximate surface area is 101 Å². The Kier molecular flexibility index (Phi) is 2.05. The molecule has 0 bridgehead atoms. The van der Waals surface area contributed by atoms with Crippen molar-refractivity contribution >= 4 is 34.5 Å². The molecule has 6 heteroatoms. The molecule has 17 heavy (non-hydrogen) atoms. The highest BCUT2D eigenvalue weighted by Gasteiger charge is 2.27. The maximum atomic E-state index is 12.2. The summed E-state index contributed by atoms with van der Waals surface area (Å²) < 4.78 is 0. The van der Waals surface area contributed by atoms with Crippen molar-refractivity contribution in [2.75, 3.05) is 17.3 Å². The number of rotatable bonds is 0. The van der Waals surface area contributed by atoms with Crippen molar-refractivity contribution < 1.29 is 9.59 Å². The van der Waals surface area contributed by atoms with Crippen molar-refractivity contribution in [2.45, 2.75) is 0 Å². The maximum Gasteiger partial charge on any atom is 0.276 e. The third kappa shape index (κ3) is 1.38. The number of anilines is 2. The van der Waals surface area contributed by atoms with Crippen LogP contribution in [0.3, 0.4) is 0 Å². The fourth-order valence-corrected chi connectivity index (χ4v) is 2.66. The summed E-state index contributed by atoms with van der Waals surface area (Å²) in [5, 5.41) is 4.53. The van der Waals surface area contributed by atoms with E-state index in [1.807, 2.05) is 0 Å². The average Bonchev–Trinajstić information content (AvgIpc) is 2.93. The van der Waals surface area contributed by atoms with E-state index in [1.165, 1.54) is 16.2 Å². The summed E-state index contributed by atoms with van der Waals surface area (Å²) in [7, 11) is 1.66. The minimum absolute atomic E-state index is 0.162. The van der Waals surface area contributed by atoms with Gasteiger partial charge in [-0.2, -0.15) is 0 Å². The van der Waals surface area contributed by atoms with Crippen molar-refractivity contribution in [3.8, 4) is 0 Å². The molecule has 86 valence electrons. The van der Waals surface area contributed by atoms with Gasteiger partial charge in [-0.3, -0.25) is 9.59 Å². The topological polar surface area (TPSA) is 65.2 Å². The number of nitrogens with one attached hydrogen (secondary N) is 2. The van der Waals surface area contributed by atoms with Gasteiger partial charge in [-0.15, -0.1) is 11.3 Å². The number of hydrogen-bond donors (Lipinski definition) is 2. The largest absolute Gasteiger partial charge is 0.355 e. The second kappa shape index (κ2) is 3.46. The predicted octanol–water partition coefficient (Wildman–Crippen LogP) is 1.92. The summed E-state index contributed by atoms with van der Waals surface area (Å²) in [6.07, 6.45) is 1.64. The molecule has 0 spiro atoms. The van der Waals surface area contributed by atoms with Crippen LogP contribution in [0.15, 0.2) is 23.7 Å². The van der Waals surface area contributed by atoms with E-state index in [0.29, 0.717) is 21.9 Å². The molecule has 0 aromatic carbocycles. The zero-order chi connectivity index (χ0) is 12.0. The summed E-state index contributed by atoms with van der Waals surface area (Å²) in [5.41, 5.74) is 1.56. The first kappa shape index (κ1) is 10.1. The van der Waals surface area contributed by atoms with Crippen LogP contribution in [0.1, 0.15) is 20.2 Å². The Bertz CT molecular complexity index is 614. The monoisotopic (exact) mass is 247 g/mol. The first-order chi connectivity index (χ1) is 8.18. The van der Waals surface area contributed by atoms with E-state index in [0.717, 1.165) is 0 Å². The summed E-state index contributed by atoms with van der Waals surface area (Å²) in [6.45, 7) is 0. The average molecular weight is 247 g/mol. The van der Waals surface area contributed by atoms with Crippen LogP contribution < -0.4 is 10.2 Å². The Morgan fingerprint density at radius 1 is 1.29 bits per heavy atom. The number of carbonyl (C=O) groups excluding carboxylic acids is 2. The van der Waals surface area contributed by atoms with Crippen LogP contribution >= 0.6 is 11.3 Å². The Hall–Kier alpha value is -2.08. The van der Waals surface area contributed by atoms with Crippen LogP contribution in [0.5, 0.6) is 0 Å². The van der Waals surface area contributed by atoms with Crippen molar-refractivity contribution in [2.24, 2.45) is 0 Å². The molecule has 1 aliphatic rings. The predicted molar refractivity (Wildman–Crippen MR) is 65.8 cm³/mol. The Balaban J connectivity index is 2.20. The lowest BCUT2D eigenvalue weighted by Crippen LogP contribution is -2.31. The number of H-pyrrole nitrogens is 1. The standard InChI is InChI=1S/C11H9N3O2S/c1-14-7-3-5-17-9(7)10(15)13-6-2-4-12-8(6)11(14)16/h2-5,12H,1H3,(H,13,15). The van der Waals surface area contributed by atoms with Gasteiger partial charge in [0.1, 0.15) is 10.6 Å². The van der Waals surface area contributed by atoms with Crippen LogP contribution in [0.4, 0.5) is 11.4 Å². The highest BCUT2D eigenvalue weighted by Crippen LogP contribution is 2.31. The van der Waals surface area contributed by atoms with Crippen molar-refractivity contribution in [1.29, 1.82) is 0 Å². The van der Waals surface area contributed by atoms with Gasteiger partial charge in [0.25, 0.3) is 11.8 Å². The van der Waals surface area contributed by atoms with E-state index in [1.54, 1.807) is 30.8 Å². The molecule has 2 amide bonds. The summed E-state index contributed by atoms with van der Waals surface area (Å²) in [6, 6.07) is 3.45. The molecule has 0 saturated carbocycles. The van der Waals surface area contributed by atoms with E-state index >= 15 is 0 Å². The number of hydrogen-bond acceptors (Lipinski definition) is 3. The zero-order valence-corrected chi connectivity index (χ0v) is 9.80. The lowest BCUT2D eigenvalue weighted by molar-refractivity contribution is 0.0987. The molecule has 0 atom stereocenters. The Morgan fingerprint density at radius 3 is 2.94 bits per heavy atom. The van der Waals surface area contributed by atoms with Crippen molar-refractivity contribution in [1.82, 2.24) is 4.98 Å². The number of thiophene rings is 1. The molecule has 5 nitrogen and oxygen atoms in total. The zero-order valence-electron chi connectivity index (χ0n) is 8.98. The molecule has 2 aromatic rings. The quantitative estimate of drug-likeness (QED) is 0.747. The van der Waals surface area contributed by atoms with E-state index < -0.39 is 0 Å². The van der Waals surface area contributed by atoms with Gasteiger partial charge in [0.2, 0.25) is 0 Å². The highest BCUT2D eigenvalue weighted by molar-refractivity contribution is 7.12. The first-order valence-electron chi connectivity index (χ1n) is 5.03. The van der Waals surface area contributed by atoms with Gasteiger partial charge in [-0.05, 0) is 17.5 Å². The summed E-state index contributed by atoms with van der Waals surface area (Å²) >= 11 is 1.32. The van der Waals surface area contributed by atoms with Crippen LogP contribution in [0, 0.1) is 0 Å². The summed E-state index contributed by atoms with van der Waals surface area (Å²) in [4.78, 5) is 29.0. The van der Waals surface area contributed by atoms with Crippen molar-refractivity contribution in [3.63, 3.8) is 0 Å². The van der Waals surface area contributed by atoms with Gasteiger partial charge in [0.05, 0.1) is 11.4 Å². The molecular weight excluding hydrogens is 238 g/mol. The third-order valence-corrected chi connectivity index (χ3v) is 3.63. The summed E-state index contributed by atoms with van der Waals surface area (Å²) in [5.74, 6) is -0.347. The number of nitrogens with zero attached hydrogens (tertiary/aromatic N) is 1. The number of aromatic nitrogens is 1. The fraction of sp³-hybridized carbons (Fsp3) is 0.0909. The van der Waals surface area contributed by atoms with E-state index in [9.17, 15) is 9.59 Å². The molecule has 2 N–H and O–H groups in total. The molecule has 0 unspecified atom stereocenters. The van der Waals surface area contributed by atoms with Crippen LogP contribution in [0.2, 0.25) is 0 Å². The number of amides is 2. The van der Waals surface area contributed by atoms with Crippen LogP contribution in [0.25, 0.3) is 0 Å². The second-order valence-electron chi connectivity index (χ2n) is 3.72. The normalized spacial score (nSPS) is 14.8. The molecule has 2 aromatic heterocycles. The molecule has 0 aliphatic carbocycles. The molecule has 0 radical (unpaired) electrons. The van der Waals surface area contributed by atoms with Crippen molar-refractivity contribution in [3.05, 3.63) is 34.3 Å². The number of carbonyl (C=O) groups is 2. The lowest BCUT2D eigenvalue weighted by Gasteiger charge is -2.20. The van der Waals surface area contributed by atoms with Gasteiger partial charge in [0.15, 0.2) is 0 Å². The minimum Gasteiger partial charge on any atom is -0.355 e. The van der Waals surface area contributed by atoms with Gasteiger partial charge < -0.3 is 15.2 Å². The minimum atomic E-state index is -0.185. The fourth-order valence-electron chi connectivity index (χ4n) is 1.84. The van der Waals surface area contributed by atoms with Gasteiger partial charge in [-0.25, -0.2) is 0 Å². The molecule has 0 saturated heterocycles. The molecular formula is C11H9N3O2S. The van der Waals surface area contributed by atoms with Crippen LogP contribution in [-0.2, 0) is 0 Å². The number of aromatic amines is 1. The molecule has 3 rings (SSSR count). The molecule has 0 fully saturated rings. The van der Waals surface area contributed by atoms with E-state index in [2.05, 4.69) is 10.3 Å². The van der Waals surface area contributed by atoms with E-state index in [4.69, 9.17) is 0 Å². The van der Waals surface area contributed by atoms with Crippen LogP contribution in [-0.4, -0.2) is 23.8 Å². The lowest BCUT2D eigenvalue weighted by atomic mass is 10.2. The van der Waals surface area contributed by atoms with Gasteiger partial charge in [-0.1, -0.05) is 0 Å². The Morgan fingerprint density at radius 2 is 2.12 bits per heavy atom. The maximum absolute atomic E-state index is 12.2. The SMILES string of the molecule is CN1C(=O)c2[nH]ccc2NC(=O)c2sccc21. The smallest absolute Gasteiger partial charge is 0.276 e. The van der Waals surface area contributed by atoms with Gasteiger partial charge in [0, 0.05) is 13.2 Å². The van der Waals surface area contributed by atoms with Gasteiger partial charge >= 0.3 is 0 Å². The first-order valence-corrected chi connectivity index (χ1v) is 5.90. The highest BCUT2D eigenvalue weighted by atomic mass is 32.1. The third-order valence-electron chi connectivity index (χ3n) is 2.73. The van der Waals surface area contributed by atoms with E-state index in [-0.39, 0.29) is 11.8 Å².